The van der Waals surface area contributed by atoms with E-state index in [0.717, 1.165) is 26.1 Å². The number of carbonyl (C=O) groups excluding carboxylic acids is 1. The van der Waals surface area contributed by atoms with Crippen LogP contribution in [0.3, 0.4) is 0 Å². The maximum absolute atomic E-state index is 11.1. The molecule has 1 fully saturated rings. The predicted octanol–water partition coefficient (Wildman–Crippen LogP) is 1.10. The lowest BCUT2D eigenvalue weighted by molar-refractivity contribution is -0.143. The molecular weight excluding hydrogens is 194 g/mol. The van der Waals surface area contributed by atoms with Gasteiger partial charge in [0.25, 0.3) is 0 Å². The van der Waals surface area contributed by atoms with Crippen LogP contribution >= 0.6 is 0 Å². The van der Waals surface area contributed by atoms with E-state index >= 15 is 0 Å². The number of nitrogens with one attached hydrogen (secondary N) is 1. The zero-order chi connectivity index (χ0) is 11.1. The molecule has 0 unspecified atom stereocenters. The molecule has 88 valence electrons. The third-order valence-corrected chi connectivity index (χ3v) is 2.78. The second-order valence-corrected chi connectivity index (χ2v) is 4.15. The van der Waals surface area contributed by atoms with Crippen LogP contribution in [-0.4, -0.2) is 37.9 Å². The van der Waals surface area contributed by atoms with E-state index in [-0.39, 0.29) is 11.5 Å². The fourth-order valence-electron chi connectivity index (χ4n) is 1.70. The monoisotopic (exact) mass is 215 g/mol. The first-order valence-electron chi connectivity index (χ1n) is 5.65. The molecule has 1 heterocycles. The van der Waals surface area contributed by atoms with Crippen molar-refractivity contribution in [1.29, 1.82) is 0 Å². The van der Waals surface area contributed by atoms with Crippen LogP contribution in [0, 0.1) is 0 Å². The Bertz CT molecular complexity index is 200. The van der Waals surface area contributed by atoms with Gasteiger partial charge in [-0.15, -0.1) is 0 Å². The molecule has 1 aliphatic rings. The Hall–Kier alpha value is -0.610. The average Bonchev–Trinajstić information content (AvgIpc) is 2.19. The van der Waals surface area contributed by atoms with Crippen LogP contribution in [-0.2, 0) is 14.3 Å². The third kappa shape index (κ3) is 4.62. The van der Waals surface area contributed by atoms with E-state index < -0.39 is 0 Å². The van der Waals surface area contributed by atoms with Gasteiger partial charge in [0, 0.05) is 25.3 Å². The van der Waals surface area contributed by atoms with E-state index in [1.807, 2.05) is 6.92 Å². The van der Waals surface area contributed by atoms with Crippen molar-refractivity contribution >= 4 is 5.97 Å². The molecule has 0 saturated carbocycles. The highest BCUT2D eigenvalue weighted by Crippen LogP contribution is 2.19. The van der Waals surface area contributed by atoms with Crippen LogP contribution < -0.4 is 5.32 Å². The average molecular weight is 215 g/mol. The molecule has 0 spiro atoms. The molecule has 15 heavy (non-hydrogen) atoms. The summed E-state index contributed by atoms with van der Waals surface area (Å²) in [5.74, 6) is -0.124. The highest BCUT2D eigenvalue weighted by atomic mass is 16.5. The zero-order valence-electron chi connectivity index (χ0n) is 9.67. The van der Waals surface area contributed by atoms with E-state index in [9.17, 15) is 4.79 Å². The van der Waals surface area contributed by atoms with Crippen LogP contribution in [0.2, 0.25) is 0 Å². The largest absolute Gasteiger partial charge is 0.466 e. The lowest BCUT2D eigenvalue weighted by Crippen LogP contribution is -2.47. The van der Waals surface area contributed by atoms with Crippen molar-refractivity contribution < 1.29 is 14.3 Å². The summed E-state index contributed by atoms with van der Waals surface area (Å²) in [7, 11) is 0. The third-order valence-electron chi connectivity index (χ3n) is 2.78. The number of carbonyl (C=O) groups is 1. The summed E-state index contributed by atoms with van der Waals surface area (Å²) >= 11 is 0. The predicted molar refractivity (Wildman–Crippen MR) is 57.7 cm³/mol. The molecule has 1 aliphatic heterocycles. The van der Waals surface area contributed by atoms with Gasteiger partial charge in [-0.25, -0.2) is 0 Å². The maximum Gasteiger partial charge on any atom is 0.307 e. The Labute approximate surface area is 91.3 Å². The molecule has 4 nitrogen and oxygen atoms in total. The molecule has 1 N–H and O–H groups in total. The minimum absolute atomic E-state index is 0.124. The van der Waals surface area contributed by atoms with E-state index in [1.165, 1.54) is 0 Å². The number of rotatable bonds is 5. The molecule has 0 amide bonds. The summed E-state index contributed by atoms with van der Waals surface area (Å²) in [5, 5.41) is 3.41. The summed E-state index contributed by atoms with van der Waals surface area (Å²) in [6.07, 6.45) is 2.47. The maximum atomic E-state index is 11.1. The molecule has 1 rings (SSSR count). The lowest BCUT2D eigenvalue weighted by Gasteiger charge is -2.34. The van der Waals surface area contributed by atoms with Crippen molar-refractivity contribution in [3.05, 3.63) is 0 Å². The van der Waals surface area contributed by atoms with Crippen LogP contribution in [0.4, 0.5) is 0 Å². The number of hydrogen-bond donors (Lipinski definition) is 1. The van der Waals surface area contributed by atoms with Gasteiger partial charge in [-0.05, 0) is 26.7 Å². The minimum Gasteiger partial charge on any atom is -0.466 e. The van der Waals surface area contributed by atoms with Crippen molar-refractivity contribution in [3.63, 3.8) is 0 Å². The van der Waals surface area contributed by atoms with Gasteiger partial charge in [-0.3, -0.25) is 4.79 Å². The Kier molecular flexibility index (Phi) is 5.05. The number of ether oxygens (including phenoxy) is 2. The van der Waals surface area contributed by atoms with Crippen LogP contribution in [0.25, 0.3) is 0 Å². The SMILES string of the molecule is CCOC(=O)CCNC1(C)CCOCC1. The highest BCUT2D eigenvalue weighted by molar-refractivity contribution is 5.69. The van der Waals surface area contributed by atoms with E-state index in [0.29, 0.717) is 19.6 Å². The second-order valence-electron chi connectivity index (χ2n) is 4.15. The van der Waals surface area contributed by atoms with Crippen molar-refractivity contribution in [2.24, 2.45) is 0 Å². The molecule has 0 atom stereocenters. The highest BCUT2D eigenvalue weighted by Gasteiger charge is 2.26. The van der Waals surface area contributed by atoms with Crippen LogP contribution in [0.1, 0.15) is 33.1 Å². The second kappa shape index (κ2) is 6.08. The number of esters is 1. The van der Waals surface area contributed by atoms with Gasteiger partial charge in [0.15, 0.2) is 0 Å². The number of hydrogen-bond acceptors (Lipinski definition) is 4. The van der Waals surface area contributed by atoms with Gasteiger partial charge in [0.1, 0.15) is 0 Å². The van der Waals surface area contributed by atoms with Crippen LogP contribution in [0.5, 0.6) is 0 Å². The Morgan fingerprint density at radius 3 is 2.73 bits per heavy atom. The molecule has 0 aromatic rings. The smallest absolute Gasteiger partial charge is 0.307 e. The molecule has 0 bridgehead atoms. The standard InChI is InChI=1S/C11H21NO3/c1-3-15-10(13)4-7-12-11(2)5-8-14-9-6-11/h12H,3-9H2,1-2H3. The Balaban J connectivity index is 2.15. The normalized spacial score (nSPS) is 19.9. The van der Waals surface area contributed by atoms with Crippen molar-refractivity contribution in [3.8, 4) is 0 Å². The molecular formula is C11H21NO3. The first-order chi connectivity index (χ1) is 7.16. The summed E-state index contributed by atoms with van der Waals surface area (Å²) < 4.78 is 10.2. The molecule has 0 radical (unpaired) electrons. The molecule has 0 aromatic heterocycles. The molecule has 4 heteroatoms. The molecule has 0 aliphatic carbocycles. The van der Waals surface area contributed by atoms with Crippen molar-refractivity contribution in [2.45, 2.75) is 38.6 Å². The molecule has 1 saturated heterocycles. The fraction of sp³-hybridized carbons (Fsp3) is 0.909. The quantitative estimate of drug-likeness (QED) is 0.698. The van der Waals surface area contributed by atoms with Gasteiger partial charge < -0.3 is 14.8 Å². The van der Waals surface area contributed by atoms with Crippen molar-refractivity contribution in [2.75, 3.05) is 26.4 Å². The summed E-state index contributed by atoms with van der Waals surface area (Å²) in [5.41, 5.74) is 0.130. The summed E-state index contributed by atoms with van der Waals surface area (Å²) in [6, 6.07) is 0. The van der Waals surface area contributed by atoms with Gasteiger partial charge in [0.05, 0.1) is 13.0 Å². The Morgan fingerprint density at radius 1 is 1.47 bits per heavy atom. The van der Waals surface area contributed by atoms with E-state index in [4.69, 9.17) is 9.47 Å². The molecule has 0 aromatic carbocycles. The first-order valence-corrected chi connectivity index (χ1v) is 5.65. The topological polar surface area (TPSA) is 47.6 Å². The first kappa shape index (κ1) is 12.5. The summed E-state index contributed by atoms with van der Waals surface area (Å²) in [4.78, 5) is 11.1. The van der Waals surface area contributed by atoms with E-state index in [2.05, 4.69) is 12.2 Å². The summed E-state index contributed by atoms with van der Waals surface area (Å²) in [6.45, 7) is 6.77. The minimum atomic E-state index is -0.124. The van der Waals surface area contributed by atoms with Gasteiger partial charge in [0.2, 0.25) is 0 Å². The van der Waals surface area contributed by atoms with Gasteiger partial charge in [-0.1, -0.05) is 0 Å². The fourth-order valence-corrected chi connectivity index (χ4v) is 1.70. The van der Waals surface area contributed by atoms with Crippen LogP contribution in [0.15, 0.2) is 0 Å². The van der Waals surface area contributed by atoms with Gasteiger partial charge in [-0.2, -0.15) is 0 Å². The Morgan fingerprint density at radius 2 is 2.13 bits per heavy atom. The zero-order valence-corrected chi connectivity index (χ0v) is 9.67. The lowest BCUT2D eigenvalue weighted by atomic mass is 9.92. The van der Waals surface area contributed by atoms with Crippen molar-refractivity contribution in [1.82, 2.24) is 5.32 Å². The van der Waals surface area contributed by atoms with Gasteiger partial charge >= 0.3 is 5.97 Å². The van der Waals surface area contributed by atoms with E-state index in [1.54, 1.807) is 0 Å².